The van der Waals surface area contributed by atoms with Gasteiger partial charge in [-0.1, -0.05) is 29.5 Å². The van der Waals surface area contributed by atoms with E-state index >= 15 is 0 Å². The number of benzene rings is 1. The lowest BCUT2D eigenvalue weighted by Gasteiger charge is -2.00. The highest BCUT2D eigenvalue weighted by molar-refractivity contribution is 7.18. The van der Waals surface area contributed by atoms with Crippen LogP contribution < -0.4 is 11.1 Å². The van der Waals surface area contributed by atoms with Gasteiger partial charge in [-0.15, -0.1) is 0 Å². The Bertz CT molecular complexity index is 525. The smallest absolute Gasteiger partial charge is 0.351 e. The molecule has 0 saturated heterocycles. The standard InChI is InChI=1S/C11H11N3O2S/c1-16-10(15)8-9(12)14-11(17-8)13-7-5-3-2-4-6-7/h2-6H,12H2,1H3,(H,13,14). The second-order valence-electron chi connectivity index (χ2n) is 3.22. The van der Waals surface area contributed by atoms with E-state index in [0.29, 0.717) is 10.0 Å². The van der Waals surface area contributed by atoms with Crippen LogP contribution in [-0.4, -0.2) is 18.1 Å². The van der Waals surface area contributed by atoms with Crippen LogP contribution in [0.4, 0.5) is 16.6 Å². The molecule has 2 rings (SSSR count). The molecule has 1 heterocycles. The Morgan fingerprint density at radius 1 is 1.41 bits per heavy atom. The minimum Gasteiger partial charge on any atom is -0.465 e. The van der Waals surface area contributed by atoms with Crippen molar-refractivity contribution in [2.75, 3.05) is 18.2 Å². The van der Waals surface area contributed by atoms with Gasteiger partial charge >= 0.3 is 5.97 Å². The van der Waals surface area contributed by atoms with Gasteiger partial charge in [-0.3, -0.25) is 0 Å². The Hall–Kier alpha value is -2.08. The number of carbonyl (C=O) groups is 1. The number of esters is 1. The lowest BCUT2D eigenvalue weighted by molar-refractivity contribution is 0.0607. The van der Waals surface area contributed by atoms with E-state index in [-0.39, 0.29) is 5.82 Å². The molecule has 17 heavy (non-hydrogen) atoms. The molecule has 0 spiro atoms. The molecule has 0 fully saturated rings. The lowest BCUT2D eigenvalue weighted by atomic mass is 10.3. The summed E-state index contributed by atoms with van der Waals surface area (Å²) in [6.45, 7) is 0. The number of nitrogens with one attached hydrogen (secondary N) is 1. The largest absolute Gasteiger partial charge is 0.465 e. The molecular weight excluding hydrogens is 238 g/mol. The molecule has 0 aliphatic heterocycles. The number of hydrogen-bond donors (Lipinski definition) is 2. The third-order valence-corrected chi connectivity index (χ3v) is 3.02. The summed E-state index contributed by atoms with van der Waals surface area (Å²) in [6, 6.07) is 9.52. The molecule has 0 saturated carbocycles. The van der Waals surface area contributed by atoms with E-state index in [9.17, 15) is 4.79 Å². The first-order valence-electron chi connectivity index (χ1n) is 4.87. The van der Waals surface area contributed by atoms with Crippen molar-refractivity contribution in [2.45, 2.75) is 0 Å². The topological polar surface area (TPSA) is 77.2 Å². The van der Waals surface area contributed by atoms with Crippen molar-refractivity contribution < 1.29 is 9.53 Å². The molecule has 0 bridgehead atoms. The molecule has 88 valence electrons. The molecule has 0 atom stereocenters. The average molecular weight is 249 g/mol. The number of nitrogens with zero attached hydrogens (tertiary/aromatic N) is 1. The molecule has 1 aromatic carbocycles. The highest BCUT2D eigenvalue weighted by Crippen LogP contribution is 2.27. The van der Waals surface area contributed by atoms with Crippen molar-refractivity contribution in [3.63, 3.8) is 0 Å². The fourth-order valence-corrected chi connectivity index (χ4v) is 2.09. The molecule has 0 amide bonds. The summed E-state index contributed by atoms with van der Waals surface area (Å²) in [5, 5.41) is 3.63. The predicted molar refractivity (Wildman–Crippen MR) is 67.6 cm³/mol. The van der Waals surface area contributed by atoms with Crippen molar-refractivity contribution in [1.82, 2.24) is 4.98 Å². The van der Waals surface area contributed by atoms with E-state index < -0.39 is 5.97 Å². The van der Waals surface area contributed by atoms with Crippen LogP contribution in [0.5, 0.6) is 0 Å². The Kier molecular flexibility index (Phi) is 3.24. The van der Waals surface area contributed by atoms with Crippen molar-refractivity contribution in [2.24, 2.45) is 0 Å². The quantitative estimate of drug-likeness (QED) is 0.816. The molecule has 0 unspecified atom stereocenters. The van der Waals surface area contributed by atoms with Gasteiger partial charge in [0.1, 0.15) is 0 Å². The highest BCUT2D eigenvalue weighted by Gasteiger charge is 2.16. The minimum atomic E-state index is -0.471. The number of nitrogen functional groups attached to an aromatic ring is 1. The van der Waals surface area contributed by atoms with Crippen molar-refractivity contribution in [1.29, 1.82) is 0 Å². The van der Waals surface area contributed by atoms with E-state index in [0.717, 1.165) is 5.69 Å². The van der Waals surface area contributed by atoms with E-state index in [2.05, 4.69) is 15.0 Å². The zero-order chi connectivity index (χ0) is 12.3. The van der Waals surface area contributed by atoms with Crippen LogP contribution in [0.2, 0.25) is 0 Å². The molecule has 0 radical (unpaired) electrons. The number of methoxy groups -OCH3 is 1. The van der Waals surface area contributed by atoms with Crippen LogP contribution in [0.1, 0.15) is 9.67 Å². The zero-order valence-electron chi connectivity index (χ0n) is 9.14. The second kappa shape index (κ2) is 4.84. The van der Waals surface area contributed by atoms with E-state index in [1.807, 2.05) is 30.3 Å². The number of anilines is 3. The van der Waals surface area contributed by atoms with Crippen molar-refractivity contribution in [3.05, 3.63) is 35.2 Å². The molecule has 5 nitrogen and oxygen atoms in total. The van der Waals surface area contributed by atoms with Gasteiger partial charge in [0.05, 0.1) is 7.11 Å². The highest BCUT2D eigenvalue weighted by atomic mass is 32.1. The first-order valence-corrected chi connectivity index (χ1v) is 5.69. The fraction of sp³-hybridized carbons (Fsp3) is 0.0909. The lowest BCUT2D eigenvalue weighted by Crippen LogP contribution is -2.01. The summed E-state index contributed by atoms with van der Waals surface area (Å²) in [4.78, 5) is 15.7. The van der Waals surface area contributed by atoms with Gasteiger partial charge in [0.15, 0.2) is 15.8 Å². The fourth-order valence-electron chi connectivity index (χ4n) is 1.27. The number of carbonyl (C=O) groups excluding carboxylic acids is 1. The molecule has 2 aromatic rings. The number of thiazole rings is 1. The minimum absolute atomic E-state index is 0.181. The Morgan fingerprint density at radius 3 is 2.76 bits per heavy atom. The maximum Gasteiger partial charge on any atom is 0.351 e. The molecule has 0 aliphatic rings. The first-order chi connectivity index (χ1) is 8.20. The molecule has 1 aromatic heterocycles. The Balaban J connectivity index is 2.21. The van der Waals surface area contributed by atoms with Crippen LogP contribution in [0, 0.1) is 0 Å². The summed E-state index contributed by atoms with van der Waals surface area (Å²) in [7, 11) is 1.31. The summed E-state index contributed by atoms with van der Waals surface area (Å²) < 4.78 is 4.60. The zero-order valence-corrected chi connectivity index (χ0v) is 9.95. The summed E-state index contributed by atoms with van der Waals surface area (Å²) in [5.74, 6) is -0.290. The molecule has 0 aliphatic carbocycles. The van der Waals surface area contributed by atoms with Gasteiger partial charge in [0.2, 0.25) is 0 Å². The van der Waals surface area contributed by atoms with Gasteiger partial charge in [-0.25, -0.2) is 9.78 Å². The number of nitrogens with two attached hydrogens (primary N) is 1. The monoisotopic (exact) mass is 249 g/mol. The van der Waals surface area contributed by atoms with E-state index in [1.54, 1.807) is 0 Å². The predicted octanol–water partition coefficient (Wildman–Crippen LogP) is 2.26. The number of hydrogen-bond acceptors (Lipinski definition) is 6. The Labute approximate surface area is 102 Å². The van der Waals surface area contributed by atoms with Gasteiger partial charge < -0.3 is 15.8 Å². The number of aromatic nitrogens is 1. The van der Waals surface area contributed by atoms with Gasteiger partial charge in [-0.2, -0.15) is 0 Å². The average Bonchev–Trinajstić information content (AvgIpc) is 2.70. The Morgan fingerprint density at radius 2 is 2.12 bits per heavy atom. The third kappa shape index (κ3) is 2.54. The normalized spacial score (nSPS) is 9.94. The molecule has 6 heteroatoms. The SMILES string of the molecule is COC(=O)c1sc(Nc2ccccc2)nc1N. The summed E-state index contributed by atoms with van der Waals surface area (Å²) in [5.41, 5.74) is 6.52. The van der Waals surface area contributed by atoms with E-state index in [4.69, 9.17) is 5.73 Å². The van der Waals surface area contributed by atoms with Crippen LogP contribution in [-0.2, 0) is 4.74 Å². The van der Waals surface area contributed by atoms with Gasteiger partial charge in [0.25, 0.3) is 0 Å². The van der Waals surface area contributed by atoms with Gasteiger partial charge in [0, 0.05) is 5.69 Å². The third-order valence-electron chi connectivity index (χ3n) is 2.05. The van der Waals surface area contributed by atoms with Crippen LogP contribution in [0.3, 0.4) is 0 Å². The maximum absolute atomic E-state index is 11.3. The van der Waals surface area contributed by atoms with Crippen molar-refractivity contribution >= 4 is 33.9 Å². The molecule has 3 N–H and O–H groups in total. The summed E-state index contributed by atoms with van der Waals surface area (Å²) >= 11 is 1.17. The van der Waals surface area contributed by atoms with Crippen LogP contribution in [0.25, 0.3) is 0 Å². The van der Waals surface area contributed by atoms with Crippen LogP contribution in [0.15, 0.2) is 30.3 Å². The van der Waals surface area contributed by atoms with Crippen LogP contribution >= 0.6 is 11.3 Å². The van der Waals surface area contributed by atoms with Crippen molar-refractivity contribution in [3.8, 4) is 0 Å². The van der Waals surface area contributed by atoms with E-state index in [1.165, 1.54) is 18.4 Å². The number of rotatable bonds is 3. The maximum atomic E-state index is 11.3. The van der Waals surface area contributed by atoms with Gasteiger partial charge in [-0.05, 0) is 12.1 Å². The first kappa shape index (κ1) is 11.4. The second-order valence-corrected chi connectivity index (χ2v) is 4.22. The summed E-state index contributed by atoms with van der Waals surface area (Å²) in [6.07, 6.45) is 0. The number of ether oxygens (including phenoxy) is 1. The molecular formula is C11H11N3O2S. The number of para-hydroxylation sites is 1.